The van der Waals surface area contributed by atoms with Gasteiger partial charge in [0.25, 0.3) is 5.91 Å². The van der Waals surface area contributed by atoms with Gasteiger partial charge in [-0.3, -0.25) is 4.79 Å². The molecule has 0 bridgehead atoms. The Hall–Kier alpha value is -1.40. The summed E-state index contributed by atoms with van der Waals surface area (Å²) in [6, 6.07) is 8.58. The van der Waals surface area contributed by atoms with E-state index in [1.54, 1.807) is 36.5 Å². The van der Waals surface area contributed by atoms with Crippen molar-refractivity contribution in [1.82, 2.24) is 4.98 Å². The lowest BCUT2D eigenvalue weighted by Gasteiger charge is -2.07. The van der Waals surface area contributed by atoms with E-state index in [2.05, 4.69) is 42.2 Å². The third kappa shape index (κ3) is 3.08. The van der Waals surface area contributed by atoms with Gasteiger partial charge < -0.3 is 11.1 Å². The van der Waals surface area contributed by atoms with Crippen molar-refractivity contribution in [3.63, 3.8) is 0 Å². The SMILES string of the molecule is Nc1ccc(Br)c(C(=O)Nc2ccc(Br)cn2)c1. The lowest BCUT2D eigenvalue weighted by atomic mass is 10.2. The van der Waals surface area contributed by atoms with E-state index in [0.717, 1.165) is 4.47 Å². The zero-order valence-corrected chi connectivity index (χ0v) is 12.3. The molecule has 0 radical (unpaired) electrons. The van der Waals surface area contributed by atoms with Crippen molar-refractivity contribution < 1.29 is 4.79 Å². The second-order valence-electron chi connectivity index (χ2n) is 3.56. The van der Waals surface area contributed by atoms with Crippen LogP contribution in [-0.4, -0.2) is 10.9 Å². The first-order valence-corrected chi connectivity index (χ1v) is 6.63. The first kappa shape index (κ1) is 13.0. The number of carbonyl (C=O) groups excluding carboxylic acids is 1. The summed E-state index contributed by atoms with van der Waals surface area (Å²) in [7, 11) is 0. The molecule has 1 heterocycles. The minimum absolute atomic E-state index is 0.260. The van der Waals surface area contributed by atoms with Gasteiger partial charge in [0.05, 0.1) is 5.56 Å². The molecule has 0 saturated carbocycles. The minimum Gasteiger partial charge on any atom is -0.399 e. The number of hydrogen-bond acceptors (Lipinski definition) is 3. The van der Waals surface area contributed by atoms with Crippen molar-refractivity contribution in [1.29, 1.82) is 0 Å². The molecule has 0 unspecified atom stereocenters. The Labute approximate surface area is 121 Å². The molecule has 6 heteroatoms. The number of benzene rings is 1. The van der Waals surface area contributed by atoms with Crippen LogP contribution in [-0.2, 0) is 0 Å². The van der Waals surface area contributed by atoms with Crippen LogP contribution in [0.4, 0.5) is 11.5 Å². The minimum atomic E-state index is -0.260. The average Bonchev–Trinajstić information content (AvgIpc) is 2.35. The first-order chi connectivity index (χ1) is 8.56. The van der Waals surface area contributed by atoms with Crippen molar-refractivity contribution in [2.75, 3.05) is 11.1 Å². The molecule has 1 amide bonds. The summed E-state index contributed by atoms with van der Waals surface area (Å²) >= 11 is 6.59. The fourth-order valence-electron chi connectivity index (χ4n) is 1.35. The molecule has 0 fully saturated rings. The molecule has 3 N–H and O–H groups in total. The molecule has 4 nitrogen and oxygen atoms in total. The molecule has 1 aromatic heterocycles. The van der Waals surface area contributed by atoms with E-state index in [1.807, 2.05) is 0 Å². The van der Waals surface area contributed by atoms with Gasteiger partial charge >= 0.3 is 0 Å². The number of anilines is 2. The number of nitrogens with one attached hydrogen (secondary N) is 1. The van der Waals surface area contributed by atoms with Crippen LogP contribution in [0.15, 0.2) is 45.5 Å². The molecule has 0 saturated heterocycles. The van der Waals surface area contributed by atoms with Crippen molar-refractivity contribution in [3.8, 4) is 0 Å². The molecule has 1 aromatic carbocycles. The fourth-order valence-corrected chi connectivity index (χ4v) is 2.01. The van der Waals surface area contributed by atoms with Crippen LogP contribution in [0.1, 0.15) is 10.4 Å². The van der Waals surface area contributed by atoms with E-state index in [1.165, 1.54) is 0 Å². The quantitative estimate of drug-likeness (QED) is 0.795. The Bertz CT molecular complexity index is 584. The molecular weight excluding hydrogens is 362 g/mol. The summed E-state index contributed by atoms with van der Waals surface area (Å²) in [6.45, 7) is 0. The topological polar surface area (TPSA) is 68.0 Å². The zero-order valence-electron chi connectivity index (χ0n) is 9.15. The normalized spacial score (nSPS) is 10.1. The first-order valence-electron chi connectivity index (χ1n) is 5.04. The second-order valence-corrected chi connectivity index (χ2v) is 5.33. The number of amides is 1. The van der Waals surface area contributed by atoms with Crippen LogP contribution < -0.4 is 11.1 Å². The molecular formula is C12H9Br2N3O. The maximum atomic E-state index is 12.0. The molecule has 0 aliphatic rings. The van der Waals surface area contributed by atoms with Crippen molar-refractivity contribution in [2.45, 2.75) is 0 Å². The Balaban J connectivity index is 2.21. The van der Waals surface area contributed by atoms with Gasteiger partial charge in [0, 0.05) is 20.8 Å². The maximum Gasteiger partial charge on any atom is 0.258 e. The highest BCUT2D eigenvalue weighted by Gasteiger charge is 2.11. The largest absolute Gasteiger partial charge is 0.399 e. The zero-order chi connectivity index (χ0) is 13.1. The Kier molecular flexibility index (Phi) is 3.98. The summed E-state index contributed by atoms with van der Waals surface area (Å²) in [6.07, 6.45) is 1.62. The van der Waals surface area contributed by atoms with Crippen molar-refractivity contribution in [2.24, 2.45) is 0 Å². The lowest BCUT2D eigenvalue weighted by molar-refractivity contribution is 0.102. The van der Waals surface area contributed by atoms with Crippen LogP contribution >= 0.6 is 31.9 Å². The van der Waals surface area contributed by atoms with Gasteiger partial charge in [-0.1, -0.05) is 0 Å². The van der Waals surface area contributed by atoms with Gasteiger partial charge in [-0.05, 0) is 62.2 Å². The lowest BCUT2D eigenvalue weighted by Crippen LogP contribution is -2.13. The molecule has 18 heavy (non-hydrogen) atoms. The monoisotopic (exact) mass is 369 g/mol. The van der Waals surface area contributed by atoms with E-state index in [4.69, 9.17) is 5.73 Å². The van der Waals surface area contributed by atoms with Crippen LogP contribution in [0.5, 0.6) is 0 Å². The van der Waals surface area contributed by atoms with Gasteiger partial charge in [0.15, 0.2) is 0 Å². The molecule has 2 rings (SSSR count). The predicted molar refractivity (Wildman–Crippen MR) is 78.4 cm³/mol. The van der Waals surface area contributed by atoms with Crippen LogP contribution in [0.25, 0.3) is 0 Å². The summed E-state index contributed by atoms with van der Waals surface area (Å²) in [4.78, 5) is 16.1. The van der Waals surface area contributed by atoms with E-state index in [9.17, 15) is 4.79 Å². The van der Waals surface area contributed by atoms with Gasteiger partial charge in [-0.2, -0.15) is 0 Å². The van der Waals surface area contributed by atoms with Crippen molar-refractivity contribution >= 4 is 49.3 Å². The number of nitrogens with zero attached hydrogens (tertiary/aromatic N) is 1. The standard InChI is InChI=1S/C12H9Br2N3O/c13-7-1-4-11(16-6-7)17-12(18)9-5-8(15)2-3-10(9)14/h1-6H,15H2,(H,16,17,18). The number of rotatable bonds is 2. The smallest absolute Gasteiger partial charge is 0.258 e. The number of carbonyl (C=O) groups is 1. The summed E-state index contributed by atoms with van der Waals surface area (Å²) in [5.41, 5.74) is 6.66. The molecule has 0 aliphatic carbocycles. The number of nitrogens with two attached hydrogens (primary N) is 1. The van der Waals surface area contributed by atoms with E-state index < -0.39 is 0 Å². The summed E-state index contributed by atoms with van der Waals surface area (Å²) in [5, 5.41) is 2.70. The third-order valence-electron chi connectivity index (χ3n) is 2.20. The molecule has 0 atom stereocenters. The third-order valence-corrected chi connectivity index (χ3v) is 3.36. The number of halogens is 2. The molecule has 0 spiro atoms. The van der Waals surface area contributed by atoms with Gasteiger partial charge in [0.2, 0.25) is 0 Å². The highest BCUT2D eigenvalue weighted by atomic mass is 79.9. The number of nitrogen functional groups attached to an aromatic ring is 1. The van der Waals surface area contributed by atoms with Crippen LogP contribution in [0, 0.1) is 0 Å². The highest BCUT2D eigenvalue weighted by molar-refractivity contribution is 9.10. The number of aromatic nitrogens is 1. The molecule has 92 valence electrons. The Morgan fingerprint density at radius 3 is 2.67 bits per heavy atom. The predicted octanol–water partition coefficient (Wildman–Crippen LogP) is 3.44. The highest BCUT2D eigenvalue weighted by Crippen LogP contribution is 2.20. The number of hydrogen-bond donors (Lipinski definition) is 2. The van der Waals surface area contributed by atoms with E-state index >= 15 is 0 Å². The number of pyridine rings is 1. The maximum absolute atomic E-state index is 12.0. The van der Waals surface area contributed by atoms with Crippen LogP contribution in [0.2, 0.25) is 0 Å². The Morgan fingerprint density at radius 2 is 2.00 bits per heavy atom. The van der Waals surface area contributed by atoms with E-state index in [0.29, 0.717) is 21.5 Å². The second kappa shape index (κ2) is 5.49. The summed E-state index contributed by atoms with van der Waals surface area (Å²) < 4.78 is 1.54. The fraction of sp³-hybridized carbons (Fsp3) is 0. The van der Waals surface area contributed by atoms with Gasteiger partial charge in [0.1, 0.15) is 5.82 Å². The van der Waals surface area contributed by atoms with E-state index in [-0.39, 0.29) is 5.91 Å². The average molecular weight is 371 g/mol. The van der Waals surface area contributed by atoms with Crippen molar-refractivity contribution in [3.05, 3.63) is 51.0 Å². The Morgan fingerprint density at radius 1 is 1.22 bits per heavy atom. The van der Waals surface area contributed by atoms with Crippen LogP contribution in [0.3, 0.4) is 0 Å². The summed E-state index contributed by atoms with van der Waals surface area (Å²) in [5.74, 6) is 0.224. The van der Waals surface area contributed by atoms with Gasteiger partial charge in [-0.15, -0.1) is 0 Å². The van der Waals surface area contributed by atoms with Gasteiger partial charge in [-0.25, -0.2) is 4.98 Å². The molecule has 2 aromatic rings. The molecule has 0 aliphatic heterocycles.